The van der Waals surface area contributed by atoms with Crippen LogP contribution in [0.2, 0.25) is 0 Å². The van der Waals surface area contributed by atoms with Crippen LogP contribution < -0.4 is 0 Å². The van der Waals surface area contributed by atoms with E-state index in [1.165, 1.54) is 302 Å². The van der Waals surface area contributed by atoms with Crippen molar-refractivity contribution >= 4 is 39.5 Å². The van der Waals surface area contributed by atoms with Gasteiger partial charge in [-0.25, -0.2) is 9.13 Å². The molecule has 660 valence electrons. The number of phosphoric acid groups is 2. The second-order valence-corrected chi connectivity index (χ2v) is 37.2. The van der Waals surface area contributed by atoms with Gasteiger partial charge in [-0.3, -0.25) is 37.3 Å². The van der Waals surface area contributed by atoms with Crippen LogP contribution in [-0.4, -0.2) is 96.7 Å². The molecule has 19 heteroatoms. The number of ether oxygens (including phenoxy) is 4. The van der Waals surface area contributed by atoms with Crippen LogP contribution in [0.1, 0.15) is 492 Å². The molecular weight excluding hydrogens is 1440 g/mol. The number of hydrogen-bond donors (Lipinski definition) is 3. The van der Waals surface area contributed by atoms with Crippen LogP contribution in [-0.2, 0) is 65.4 Å². The standard InChI is InChI=1S/C92H180O17P2/c1-8-10-11-12-13-14-15-16-17-22-30-35-40-45-54-61-68-76-92(97)109-88(80-103-90(95)74-67-60-53-48-47-51-58-65-72-85(7)9-2)82-107-111(100,101)105-78-86(93)77-104-110(98,99)106-81-87(108-91(96)75-69-62-55-46-41-36-31-26-21-19-24-28-33-38-43-50-57-64-71-84(5)6)79-102-89(94)73-66-59-52-44-39-34-29-25-20-18-23-27-32-37-42-49-56-63-70-83(3)4/h83-88,93H,8-82H2,1-7H3,(H,98,99)(H,100,101)/t85?,86-,87-,88-/m1/s1. The first-order valence-corrected chi connectivity index (χ1v) is 50.4. The maximum atomic E-state index is 13.2. The summed E-state index contributed by atoms with van der Waals surface area (Å²) in [7, 11) is -9.94. The Hall–Kier alpha value is -1.94. The molecule has 0 spiro atoms. The summed E-state index contributed by atoms with van der Waals surface area (Å²) < 4.78 is 69.1. The summed E-state index contributed by atoms with van der Waals surface area (Å²) in [5, 5.41) is 10.7. The van der Waals surface area contributed by atoms with E-state index in [0.717, 1.165) is 108 Å². The lowest BCUT2D eigenvalue weighted by atomic mass is 9.99. The Morgan fingerprint density at radius 1 is 0.261 bits per heavy atom. The predicted octanol–water partition coefficient (Wildman–Crippen LogP) is 28.4. The Kier molecular flexibility index (Phi) is 80.4. The van der Waals surface area contributed by atoms with E-state index in [-0.39, 0.29) is 25.7 Å². The Labute approximate surface area is 683 Å². The number of esters is 4. The molecule has 111 heavy (non-hydrogen) atoms. The van der Waals surface area contributed by atoms with Gasteiger partial charge in [0.05, 0.1) is 26.4 Å². The third-order valence-electron chi connectivity index (χ3n) is 22.0. The van der Waals surface area contributed by atoms with E-state index in [4.69, 9.17) is 37.0 Å². The second kappa shape index (κ2) is 81.8. The molecule has 0 bridgehead atoms. The van der Waals surface area contributed by atoms with Crippen LogP contribution >= 0.6 is 15.6 Å². The van der Waals surface area contributed by atoms with Crippen LogP contribution in [0.4, 0.5) is 0 Å². The average molecular weight is 1620 g/mol. The van der Waals surface area contributed by atoms with E-state index in [1.54, 1.807) is 0 Å². The predicted molar refractivity (Wildman–Crippen MR) is 460 cm³/mol. The largest absolute Gasteiger partial charge is 0.472 e. The maximum Gasteiger partial charge on any atom is 0.472 e. The summed E-state index contributed by atoms with van der Waals surface area (Å²) in [5.74, 6) is 0.324. The Morgan fingerprint density at radius 2 is 0.459 bits per heavy atom. The summed E-state index contributed by atoms with van der Waals surface area (Å²) in [4.78, 5) is 73.5. The van der Waals surface area contributed by atoms with Gasteiger partial charge in [0.25, 0.3) is 0 Å². The number of phosphoric ester groups is 2. The van der Waals surface area contributed by atoms with Crippen molar-refractivity contribution in [3.05, 3.63) is 0 Å². The van der Waals surface area contributed by atoms with Crippen LogP contribution in [0.5, 0.6) is 0 Å². The minimum absolute atomic E-state index is 0.108. The number of hydrogen-bond acceptors (Lipinski definition) is 15. The Bertz CT molecular complexity index is 2130. The molecule has 0 aromatic rings. The van der Waals surface area contributed by atoms with Crippen molar-refractivity contribution in [3.63, 3.8) is 0 Å². The minimum Gasteiger partial charge on any atom is -0.462 e. The molecule has 0 aliphatic heterocycles. The smallest absolute Gasteiger partial charge is 0.462 e. The molecule has 0 rings (SSSR count). The molecule has 3 unspecified atom stereocenters. The highest BCUT2D eigenvalue weighted by atomic mass is 31.2. The summed E-state index contributed by atoms with van der Waals surface area (Å²) in [6, 6.07) is 0. The highest BCUT2D eigenvalue weighted by Crippen LogP contribution is 2.45. The number of aliphatic hydroxyl groups is 1. The van der Waals surface area contributed by atoms with Crippen LogP contribution in [0.25, 0.3) is 0 Å². The van der Waals surface area contributed by atoms with E-state index in [1.807, 2.05) is 0 Å². The van der Waals surface area contributed by atoms with Crippen molar-refractivity contribution in [1.29, 1.82) is 0 Å². The summed E-state index contributed by atoms with van der Waals surface area (Å²) in [6.45, 7) is 12.1. The lowest BCUT2D eigenvalue weighted by Gasteiger charge is -2.21. The van der Waals surface area contributed by atoms with Crippen molar-refractivity contribution in [3.8, 4) is 0 Å². The van der Waals surface area contributed by atoms with Crippen LogP contribution in [0, 0.1) is 17.8 Å². The zero-order valence-corrected chi connectivity index (χ0v) is 75.2. The molecule has 0 aliphatic carbocycles. The lowest BCUT2D eigenvalue weighted by molar-refractivity contribution is -0.161. The first kappa shape index (κ1) is 109. The molecule has 6 atom stereocenters. The van der Waals surface area contributed by atoms with Crippen LogP contribution in [0.3, 0.4) is 0 Å². The fourth-order valence-electron chi connectivity index (χ4n) is 14.4. The molecule has 0 radical (unpaired) electrons. The van der Waals surface area contributed by atoms with Gasteiger partial charge in [-0.1, -0.05) is 440 Å². The van der Waals surface area contributed by atoms with E-state index in [9.17, 15) is 43.2 Å². The maximum absolute atomic E-state index is 13.2. The van der Waals surface area contributed by atoms with Gasteiger partial charge in [0.2, 0.25) is 0 Å². The molecule has 0 aromatic heterocycles. The van der Waals surface area contributed by atoms with Crippen molar-refractivity contribution in [1.82, 2.24) is 0 Å². The van der Waals surface area contributed by atoms with Gasteiger partial charge in [0.15, 0.2) is 12.2 Å². The van der Waals surface area contributed by atoms with Crippen molar-refractivity contribution < 1.29 is 80.2 Å². The van der Waals surface area contributed by atoms with Crippen molar-refractivity contribution in [2.45, 2.75) is 510 Å². The normalized spacial score (nSPS) is 14.0. The molecule has 3 N–H and O–H groups in total. The minimum atomic E-state index is -4.97. The van der Waals surface area contributed by atoms with Crippen molar-refractivity contribution in [2.75, 3.05) is 39.6 Å². The summed E-state index contributed by atoms with van der Waals surface area (Å²) in [6.07, 6.45) is 75.0. The molecule has 17 nitrogen and oxygen atoms in total. The van der Waals surface area contributed by atoms with Gasteiger partial charge in [-0.05, 0) is 43.4 Å². The van der Waals surface area contributed by atoms with Crippen molar-refractivity contribution in [2.24, 2.45) is 17.8 Å². The average Bonchev–Trinajstić information content (AvgIpc) is 0.899. The number of rotatable bonds is 90. The lowest BCUT2D eigenvalue weighted by Crippen LogP contribution is -2.30. The molecule has 0 heterocycles. The number of unbranched alkanes of at least 4 members (excludes halogenated alkanes) is 57. The first-order chi connectivity index (χ1) is 53.8. The third kappa shape index (κ3) is 84.3. The van der Waals surface area contributed by atoms with Crippen LogP contribution in [0.15, 0.2) is 0 Å². The highest BCUT2D eigenvalue weighted by Gasteiger charge is 2.31. The Balaban J connectivity index is 5.25. The molecule has 0 amide bonds. The van der Waals surface area contributed by atoms with Gasteiger partial charge in [0, 0.05) is 25.7 Å². The molecule has 0 saturated heterocycles. The quantitative estimate of drug-likeness (QED) is 0.0222. The monoisotopic (exact) mass is 1620 g/mol. The zero-order chi connectivity index (χ0) is 81.5. The first-order valence-electron chi connectivity index (χ1n) is 47.4. The summed E-state index contributed by atoms with van der Waals surface area (Å²) in [5.41, 5.74) is 0. The van der Waals surface area contributed by atoms with E-state index in [2.05, 4.69) is 48.5 Å². The zero-order valence-electron chi connectivity index (χ0n) is 73.4. The Morgan fingerprint density at radius 3 is 0.685 bits per heavy atom. The molecular formula is C92H180O17P2. The SMILES string of the molecule is CCCCCCCCCCCCCCCCCCCC(=O)O[C@H](COC(=O)CCCCCCCCCCC(C)CC)COP(=O)(O)OC[C@H](O)COP(=O)(O)OC[C@@H](COC(=O)CCCCCCCCCCCCCCCCCCCCC(C)C)OC(=O)CCCCCCCCCCCCCCCCCCCCC(C)C. The number of carbonyl (C=O) groups excluding carboxylic acids is 4. The van der Waals surface area contributed by atoms with Gasteiger partial charge in [-0.2, -0.15) is 0 Å². The molecule has 0 aliphatic rings. The number of carbonyl (C=O) groups is 4. The molecule has 0 saturated carbocycles. The van der Waals surface area contributed by atoms with E-state index in [0.29, 0.717) is 25.7 Å². The third-order valence-corrected chi connectivity index (χ3v) is 23.9. The van der Waals surface area contributed by atoms with E-state index >= 15 is 0 Å². The topological polar surface area (TPSA) is 237 Å². The highest BCUT2D eigenvalue weighted by molar-refractivity contribution is 7.47. The van der Waals surface area contributed by atoms with Gasteiger partial charge in [0.1, 0.15) is 19.3 Å². The summed E-state index contributed by atoms with van der Waals surface area (Å²) >= 11 is 0. The second-order valence-electron chi connectivity index (χ2n) is 34.2. The fourth-order valence-corrected chi connectivity index (χ4v) is 16.0. The number of aliphatic hydroxyl groups excluding tert-OH is 1. The molecule has 0 aromatic carbocycles. The fraction of sp³-hybridized carbons (Fsp3) is 0.957. The van der Waals surface area contributed by atoms with Gasteiger partial charge < -0.3 is 33.8 Å². The molecule has 0 fully saturated rings. The van der Waals surface area contributed by atoms with E-state index < -0.39 is 97.5 Å². The van der Waals surface area contributed by atoms with Gasteiger partial charge in [-0.15, -0.1) is 0 Å². The van der Waals surface area contributed by atoms with Gasteiger partial charge >= 0.3 is 39.5 Å².